The zero-order chi connectivity index (χ0) is 10.8. The van der Waals surface area contributed by atoms with Crippen molar-refractivity contribution in [3.8, 4) is 0 Å². The lowest BCUT2D eigenvalue weighted by molar-refractivity contribution is 0.462. The van der Waals surface area contributed by atoms with E-state index in [4.69, 9.17) is 5.73 Å². The van der Waals surface area contributed by atoms with Crippen LogP contribution in [-0.2, 0) is 6.42 Å². The SMILES string of the molecule is CC(C)n1ccc(CC2CCCC2N)n1. The Morgan fingerprint density at radius 1 is 1.53 bits per heavy atom. The van der Waals surface area contributed by atoms with E-state index in [9.17, 15) is 0 Å². The van der Waals surface area contributed by atoms with Crippen molar-refractivity contribution >= 4 is 0 Å². The second kappa shape index (κ2) is 4.35. The molecule has 2 unspecified atom stereocenters. The molecule has 0 amide bonds. The summed E-state index contributed by atoms with van der Waals surface area (Å²) in [5.41, 5.74) is 7.26. The topological polar surface area (TPSA) is 43.8 Å². The van der Waals surface area contributed by atoms with Crippen molar-refractivity contribution < 1.29 is 0 Å². The third-order valence-electron chi connectivity index (χ3n) is 3.38. The van der Waals surface area contributed by atoms with Crippen LogP contribution in [0, 0.1) is 5.92 Å². The Morgan fingerprint density at radius 3 is 2.87 bits per heavy atom. The summed E-state index contributed by atoms with van der Waals surface area (Å²) in [6.07, 6.45) is 6.88. The Kier molecular flexibility index (Phi) is 3.10. The van der Waals surface area contributed by atoms with Gasteiger partial charge in [0, 0.05) is 18.3 Å². The fraction of sp³-hybridized carbons (Fsp3) is 0.750. The van der Waals surface area contributed by atoms with Gasteiger partial charge in [0.05, 0.1) is 5.69 Å². The number of nitrogens with zero attached hydrogens (tertiary/aromatic N) is 2. The van der Waals surface area contributed by atoms with Crippen LogP contribution in [0.4, 0.5) is 0 Å². The molecule has 0 spiro atoms. The molecule has 1 aromatic heterocycles. The van der Waals surface area contributed by atoms with Gasteiger partial charge in [-0.25, -0.2) is 0 Å². The molecule has 15 heavy (non-hydrogen) atoms. The first-order valence-corrected chi connectivity index (χ1v) is 5.96. The number of hydrogen-bond donors (Lipinski definition) is 1. The lowest BCUT2D eigenvalue weighted by Gasteiger charge is -2.13. The molecule has 1 aromatic rings. The van der Waals surface area contributed by atoms with Gasteiger partial charge >= 0.3 is 0 Å². The van der Waals surface area contributed by atoms with Gasteiger partial charge in [0.2, 0.25) is 0 Å². The Morgan fingerprint density at radius 2 is 2.33 bits per heavy atom. The van der Waals surface area contributed by atoms with Crippen molar-refractivity contribution in [2.45, 2.75) is 51.6 Å². The van der Waals surface area contributed by atoms with Crippen molar-refractivity contribution in [1.29, 1.82) is 0 Å². The average molecular weight is 207 g/mol. The summed E-state index contributed by atoms with van der Waals surface area (Å²) in [6, 6.07) is 2.98. The van der Waals surface area contributed by atoms with E-state index < -0.39 is 0 Å². The number of rotatable bonds is 3. The van der Waals surface area contributed by atoms with E-state index >= 15 is 0 Å². The molecule has 0 bridgehead atoms. The average Bonchev–Trinajstić information content (AvgIpc) is 2.77. The zero-order valence-electron chi connectivity index (χ0n) is 9.69. The van der Waals surface area contributed by atoms with E-state index in [0.717, 1.165) is 6.42 Å². The first-order valence-electron chi connectivity index (χ1n) is 5.96. The quantitative estimate of drug-likeness (QED) is 0.825. The van der Waals surface area contributed by atoms with Crippen LogP contribution in [0.1, 0.15) is 44.8 Å². The summed E-state index contributed by atoms with van der Waals surface area (Å²) in [7, 11) is 0. The molecule has 0 saturated heterocycles. The maximum atomic E-state index is 6.06. The van der Waals surface area contributed by atoms with Crippen molar-refractivity contribution in [1.82, 2.24) is 9.78 Å². The van der Waals surface area contributed by atoms with Gasteiger partial charge in [-0.15, -0.1) is 0 Å². The molecular formula is C12H21N3. The maximum Gasteiger partial charge on any atom is 0.0628 e. The molecule has 0 aromatic carbocycles. The van der Waals surface area contributed by atoms with Crippen molar-refractivity contribution in [2.75, 3.05) is 0 Å². The predicted molar refractivity (Wildman–Crippen MR) is 61.6 cm³/mol. The summed E-state index contributed by atoms with van der Waals surface area (Å²) in [5, 5.41) is 4.57. The van der Waals surface area contributed by atoms with Crippen LogP contribution in [-0.4, -0.2) is 15.8 Å². The van der Waals surface area contributed by atoms with Gasteiger partial charge in [-0.1, -0.05) is 6.42 Å². The lowest BCUT2D eigenvalue weighted by Crippen LogP contribution is -2.26. The first kappa shape index (κ1) is 10.7. The normalized spacial score (nSPS) is 26.4. The molecule has 1 aliphatic carbocycles. The van der Waals surface area contributed by atoms with Gasteiger partial charge in [-0.3, -0.25) is 4.68 Å². The maximum absolute atomic E-state index is 6.06. The van der Waals surface area contributed by atoms with Crippen LogP contribution < -0.4 is 5.73 Å². The fourth-order valence-electron chi connectivity index (χ4n) is 2.36. The molecular weight excluding hydrogens is 186 g/mol. The highest BCUT2D eigenvalue weighted by atomic mass is 15.3. The van der Waals surface area contributed by atoms with Crippen LogP contribution in [0.15, 0.2) is 12.3 Å². The van der Waals surface area contributed by atoms with Crippen molar-refractivity contribution in [2.24, 2.45) is 11.7 Å². The number of aromatic nitrogens is 2. The molecule has 0 aliphatic heterocycles. The monoisotopic (exact) mass is 207 g/mol. The Bertz CT molecular complexity index is 316. The molecule has 2 rings (SSSR count). The second-order valence-corrected chi connectivity index (χ2v) is 4.94. The highest BCUT2D eigenvalue weighted by Gasteiger charge is 2.24. The van der Waals surface area contributed by atoms with Gasteiger partial charge in [0.25, 0.3) is 0 Å². The minimum absolute atomic E-state index is 0.397. The molecule has 1 heterocycles. The van der Waals surface area contributed by atoms with Gasteiger partial charge in [0.1, 0.15) is 0 Å². The van der Waals surface area contributed by atoms with E-state index in [0.29, 0.717) is 18.0 Å². The van der Waals surface area contributed by atoms with E-state index in [1.54, 1.807) is 0 Å². The van der Waals surface area contributed by atoms with Crippen molar-refractivity contribution in [3.63, 3.8) is 0 Å². The standard InChI is InChI=1S/C12H21N3/c1-9(2)15-7-6-11(14-15)8-10-4-3-5-12(10)13/h6-7,9-10,12H,3-5,8,13H2,1-2H3. The molecule has 3 heteroatoms. The minimum Gasteiger partial charge on any atom is -0.327 e. The highest BCUT2D eigenvalue weighted by Crippen LogP contribution is 2.26. The van der Waals surface area contributed by atoms with Gasteiger partial charge in [-0.05, 0) is 45.1 Å². The van der Waals surface area contributed by atoms with Crippen LogP contribution in [0.3, 0.4) is 0 Å². The molecule has 84 valence electrons. The Balaban J connectivity index is 1.98. The fourth-order valence-corrected chi connectivity index (χ4v) is 2.36. The summed E-state index contributed by atoms with van der Waals surface area (Å²) in [6.45, 7) is 4.30. The lowest BCUT2D eigenvalue weighted by atomic mass is 9.98. The van der Waals surface area contributed by atoms with Crippen molar-refractivity contribution in [3.05, 3.63) is 18.0 Å². The predicted octanol–water partition coefficient (Wildman–Crippen LogP) is 2.13. The van der Waals surface area contributed by atoms with Crippen LogP contribution >= 0.6 is 0 Å². The van der Waals surface area contributed by atoms with Gasteiger partial charge in [0.15, 0.2) is 0 Å². The third kappa shape index (κ3) is 2.40. The highest BCUT2D eigenvalue weighted by molar-refractivity contribution is 5.02. The number of hydrogen-bond acceptors (Lipinski definition) is 2. The summed E-state index contributed by atoms with van der Waals surface area (Å²) < 4.78 is 2.02. The van der Waals surface area contributed by atoms with Crippen LogP contribution in [0.2, 0.25) is 0 Å². The third-order valence-corrected chi connectivity index (χ3v) is 3.38. The van der Waals surface area contributed by atoms with E-state index in [1.807, 2.05) is 4.68 Å². The van der Waals surface area contributed by atoms with E-state index in [2.05, 4.69) is 31.2 Å². The number of nitrogens with two attached hydrogens (primary N) is 1. The Hall–Kier alpha value is -0.830. The molecule has 1 aliphatic rings. The van der Waals surface area contributed by atoms with Crippen LogP contribution in [0.5, 0.6) is 0 Å². The van der Waals surface area contributed by atoms with Crippen LogP contribution in [0.25, 0.3) is 0 Å². The largest absolute Gasteiger partial charge is 0.327 e. The summed E-state index contributed by atoms with van der Waals surface area (Å²) >= 11 is 0. The van der Waals surface area contributed by atoms with Gasteiger partial charge in [-0.2, -0.15) is 5.10 Å². The summed E-state index contributed by atoms with van der Waals surface area (Å²) in [4.78, 5) is 0. The molecule has 1 fully saturated rings. The first-order chi connectivity index (χ1) is 7.16. The summed E-state index contributed by atoms with van der Waals surface area (Å²) in [5.74, 6) is 0.653. The zero-order valence-corrected chi connectivity index (χ0v) is 9.69. The van der Waals surface area contributed by atoms with E-state index in [-0.39, 0.29) is 0 Å². The minimum atomic E-state index is 0.397. The molecule has 1 saturated carbocycles. The molecule has 2 N–H and O–H groups in total. The smallest absolute Gasteiger partial charge is 0.0628 e. The molecule has 2 atom stereocenters. The van der Waals surface area contributed by atoms with Gasteiger partial charge < -0.3 is 5.73 Å². The molecule has 3 nitrogen and oxygen atoms in total. The second-order valence-electron chi connectivity index (χ2n) is 4.94. The van der Waals surface area contributed by atoms with E-state index in [1.165, 1.54) is 25.0 Å². The molecule has 0 radical (unpaired) electrons. The Labute approximate surface area is 91.7 Å².